The number of nitrogens with one attached hydrogen (secondary N) is 1. The molecule has 1 N–H and O–H groups in total. The Morgan fingerprint density at radius 3 is 2.23 bits per heavy atom. The highest BCUT2D eigenvalue weighted by molar-refractivity contribution is 6.05. The fourth-order valence-corrected chi connectivity index (χ4v) is 2.88. The van der Waals surface area contributed by atoms with Gasteiger partial charge in [-0.25, -0.2) is 4.79 Å². The first-order valence-electron chi connectivity index (χ1n) is 9.94. The van der Waals surface area contributed by atoms with Gasteiger partial charge in [-0.2, -0.15) is 0 Å². The average Bonchev–Trinajstić information content (AvgIpc) is 2.79. The standard InChI is InChI=1S/C25H24N2O4/c1-4-23(28)26-20-7-5-6-19(16-20)25(30)31-22-14-12-21(13-15-22)27(3)24(29)18-10-8-17(2)9-11-18/h5-16H,4H2,1-3H3,(H,26,28). The molecule has 3 rings (SSSR count). The second kappa shape index (κ2) is 9.71. The van der Waals surface area contributed by atoms with E-state index in [1.807, 2.05) is 19.1 Å². The summed E-state index contributed by atoms with van der Waals surface area (Å²) in [6.07, 6.45) is 0.349. The number of amides is 2. The fraction of sp³-hybridized carbons (Fsp3) is 0.160. The number of carbonyl (C=O) groups is 3. The van der Waals surface area contributed by atoms with Crippen LogP contribution < -0.4 is 15.0 Å². The number of aryl methyl sites for hydroxylation is 1. The Balaban J connectivity index is 1.67. The van der Waals surface area contributed by atoms with Gasteiger partial charge in [-0.3, -0.25) is 9.59 Å². The minimum Gasteiger partial charge on any atom is -0.423 e. The molecule has 2 amide bonds. The lowest BCUT2D eigenvalue weighted by Crippen LogP contribution is -2.26. The van der Waals surface area contributed by atoms with Gasteiger partial charge in [-0.1, -0.05) is 30.7 Å². The van der Waals surface area contributed by atoms with Crippen molar-refractivity contribution in [2.75, 3.05) is 17.3 Å². The second-order valence-electron chi connectivity index (χ2n) is 7.10. The number of esters is 1. The molecule has 0 aliphatic carbocycles. The zero-order valence-corrected chi connectivity index (χ0v) is 17.7. The molecule has 0 aromatic heterocycles. The topological polar surface area (TPSA) is 75.7 Å². The van der Waals surface area contributed by atoms with Crippen LogP contribution in [0.2, 0.25) is 0 Å². The second-order valence-corrected chi connectivity index (χ2v) is 7.10. The van der Waals surface area contributed by atoms with Gasteiger partial charge in [-0.15, -0.1) is 0 Å². The maximum atomic E-state index is 12.6. The van der Waals surface area contributed by atoms with Crippen LogP contribution in [-0.2, 0) is 4.79 Å². The Kier molecular flexibility index (Phi) is 6.82. The maximum Gasteiger partial charge on any atom is 0.343 e. The van der Waals surface area contributed by atoms with E-state index in [1.165, 1.54) is 4.90 Å². The number of hydrogen-bond donors (Lipinski definition) is 1. The molecule has 0 fully saturated rings. The van der Waals surface area contributed by atoms with Gasteiger partial charge in [0.1, 0.15) is 5.75 Å². The molecule has 0 aliphatic heterocycles. The molecule has 6 heteroatoms. The molecule has 6 nitrogen and oxygen atoms in total. The van der Waals surface area contributed by atoms with E-state index < -0.39 is 5.97 Å². The Morgan fingerprint density at radius 2 is 1.58 bits per heavy atom. The first-order valence-corrected chi connectivity index (χ1v) is 9.94. The lowest BCUT2D eigenvalue weighted by molar-refractivity contribution is -0.115. The highest BCUT2D eigenvalue weighted by Gasteiger charge is 2.14. The number of rotatable bonds is 6. The molecule has 0 heterocycles. The molecule has 3 aromatic carbocycles. The summed E-state index contributed by atoms with van der Waals surface area (Å²) in [6.45, 7) is 3.72. The lowest BCUT2D eigenvalue weighted by atomic mass is 10.1. The number of anilines is 2. The summed E-state index contributed by atoms with van der Waals surface area (Å²) in [5.74, 6) is -0.446. The fourth-order valence-electron chi connectivity index (χ4n) is 2.88. The number of hydrogen-bond acceptors (Lipinski definition) is 4. The first-order chi connectivity index (χ1) is 14.9. The van der Waals surface area contributed by atoms with Crippen molar-refractivity contribution in [3.8, 4) is 5.75 Å². The smallest absolute Gasteiger partial charge is 0.343 e. The van der Waals surface area contributed by atoms with E-state index in [-0.39, 0.29) is 11.8 Å². The number of nitrogens with zero attached hydrogens (tertiary/aromatic N) is 1. The molecule has 0 radical (unpaired) electrons. The van der Waals surface area contributed by atoms with E-state index in [0.717, 1.165) is 5.56 Å². The predicted octanol–water partition coefficient (Wildman–Crippen LogP) is 4.84. The van der Waals surface area contributed by atoms with Gasteiger partial charge in [0.25, 0.3) is 5.91 Å². The monoisotopic (exact) mass is 416 g/mol. The van der Waals surface area contributed by atoms with E-state index in [0.29, 0.717) is 34.7 Å². The quantitative estimate of drug-likeness (QED) is 0.461. The minimum atomic E-state index is -0.538. The van der Waals surface area contributed by atoms with Gasteiger partial charge < -0.3 is 15.0 Å². The third-order valence-electron chi connectivity index (χ3n) is 4.74. The molecule has 0 saturated carbocycles. The van der Waals surface area contributed by atoms with Crippen LogP contribution in [0.15, 0.2) is 72.8 Å². The largest absolute Gasteiger partial charge is 0.423 e. The van der Waals surface area contributed by atoms with Gasteiger partial charge in [0.2, 0.25) is 5.91 Å². The molecule has 0 spiro atoms. The number of ether oxygens (including phenoxy) is 1. The van der Waals surface area contributed by atoms with Crippen LogP contribution >= 0.6 is 0 Å². The lowest BCUT2D eigenvalue weighted by Gasteiger charge is -2.18. The summed E-state index contributed by atoms with van der Waals surface area (Å²) >= 11 is 0. The Bertz CT molecular complexity index is 1090. The molecule has 158 valence electrons. The summed E-state index contributed by atoms with van der Waals surface area (Å²) < 4.78 is 5.42. The summed E-state index contributed by atoms with van der Waals surface area (Å²) in [4.78, 5) is 38.2. The minimum absolute atomic E-state index is 0.129. The molecule has 0 unspecified atom stereocenters. The van der Waals surface area contributed by atoms with Crippen LogP contribution in [0.4, 0.5) is 11.4 Å². The zero-order chi connectivity index (χ0) is 22.4. The van der Waals surface area contributed by atoms with Crippen LogP contribution in [-0.4, -0.2) is 24.8 Å². The van der Waals surface area contributed by atoms with Crippen LogP contribution in [0.1, 0.15) is 39.6 Å². The summed E-state index contributed by atoms with van der Waals surface area (Å²) in [5.41, 5.74) is 3.22. The summed E-state index contributed by atoms with van der Waals surface area (Å²) in [5, 5.41) is 2.71. The molecule has 3 aromatic rings. The van der Waals surface area contributed by atoms with Gasteiger partial charge in [0.15, 0.2) is 0 Å². The Morgan fingerprint density at radius 1 is 0.903 bits per heavy atom. The molecular formula is C25H24N2O4. The van der Waals surface area contributed by atoms with E-state index in [1.54, 1.807) is 74.6 Å². The van der Waals surface area contributed by atoms with Crippen molar-refractivity contribution >= 4 is 29.2 Å². The van der Waals surface area contributed by atoms with Crippen molar-refractivity contribution in [3.05, 3.63) is 89.5 Å². The molecule has 0 aliphatic rings. The summed E-state index contributed by atoms with van der Waals surface area (Å²) in [6, 6.07) is 20.6. The van der Waals surface area contributed by atoms with E-state index in [2.05, 4.69) is 5.32 Å². The van der Waals surface area contributed by atoms with Gasteiger partial charge >= 0.3 is 5.97 Å². The highest BCUT2D eigenvalue weighted by atomic mass is 16.5. The van der Waals surface area contributed by atoms with Crippen LogP contribution in [0.25, 0.3) is 0 Å². The third-order valence-corrected chi connectivity index (χ3v) is 4.74. The van der Waals surface area contributed by atoms with Crippen molar-refractivity contribution in [2.24, 2.45) is 0 Å². The van der Waals surface area contributed by atoms with E-state index >= 15 is 0 Å². The molecule has 0 saturated heterocycles. The van der Waals surface area contributed by atoms with Crippen LogP contribution in [0.3, 0.4) is 0 Å². The van der Waals surface area contributed by atoms with Crippen molar-refractivity contribution in [2.45, 2.75) is 20.3 Å². The Hall–Kier alpha value is -3.93. The van der Waals surface area contributed by atoms with Gasteiger partial charge in [0, 0.05) is 30.4 Å². The highest BCUT2D eigenvalue weighted by Crippen LogP contribution is 2.22. The van der Waals surface area contributed by atoms with Crippen LogP contribution in [0, 0.1) is 6.92 Å². The van der Waals surface area contributed by atoms with Crippen molar-refractivity contribution in [3.63, 3.8) is 0 Å². The molecule has 0 atom stereocenters. The van der Waals surface area contributed by atoms with Gasteiger partial charge in [0.05, 0.1) is 5.56 Å². The van der Waals surface area contributed by atoms with Crippen LogP contribution in [0.5, 0.6) is 5.75 Å². The van der Waals surface area contributed by atoms with Crippen molar-refractivity contribution in [1.82, 2.24) is 0 Å². The maximum absolute atomic E-state index is 12.6. The first kappa shape index (κ1) is 21.8. The predicted molar refractivity (Wildman–Crippen MR) is 121 cm³/mol. The average molecular weight is 416 g/mol. The van der Waals surface area contributed by atoms with Crippen molar-refractivity contribution in [1.29, 1.82) is 0 Å². The third kappa shape index (κ3) is 5.57. The van der Waals surface area contributed by atoms with E-state index in [4.69, 9.17) is 4.74 Å². The molecule has 31 heavy (non-hydrogen) atoms. The SMILES string of the molecule is CCC(=O)Nc1cccc(C(=O)Oc2ccc(N(C)C(=O)c3ccc(C)cc3)cc2)c1. The number of benzene rings is 3. The molecule has 0 bridgehead atoms. The van der Waals surface area contributed by atoms with Crippen molar-refractivity contribution < 1.29 is 19.1 Å². The molecular weight excluding hydrogens is 392 g/mol. The van der Waals surface area contributed by atoms with E-state index in [9.17, 15) is 14.4 Å². The normalized spacial score (nSPS) is 10.3. The van der Waals surface area contributed by atoms with Gasteiger partial charge in [-0.05, 0) is 61.5 Å². The Labute approximate surface area is 181 Å². The summed E-state index contributed by atoms with van der Waals surface area (Å²) in [7, 11) is 1.69. The number of carbonyl (C=O) groups excluding carboxylic acids is 3. The zero-order valence-electron chi connectivity index (χ0n) is 17.7.